The van der Waals surface area contributed by atoms with E-state index in [1.165, 1.54) is 18.2 Å². The molecule has 0 radical (unpaired) electrons. The van der Waals surface area contributed by atoms with Crippen LogP contribution < -0.4 is 4.74 Å². The highest BCUT2D eigenvalue weighted by molar-refractivity contribution is 9.10. The summed E-state index contributed by atoms with van der Waals surface area (Å²) in [7, 11) is 0. The van der Waals surface area contributed by atoms with Crippen molar-refractivity contribution in [2.24, 2.45) is 0 Å². The van der Waals surface area contributed by atoms with Gasteiger partial charge < -0.3 is 9.84 Å². The molecule has 0 unspecified atom stereocenters. The second-order valence-electron chi connectivity index (χ2n) is 3.88. The molecule has 104 valence electrons. The van der Waals surface area contributed by atoms with Crippen LogP contribution in [0.2, 0.25) is 0 Å². The van der Waals surface area contributed by atoms with Gasteiger partial charge in [0.2, 0.25) is 5.75 Å². The predicted octanol–water partition coefficient (Wildman–Crippen LogP) is 3.78. The molecule has 20 heavy (non-hydrogen) atoms. The van der Waals surface area contributed by atoms with Gasteiger partial charge in [-0.1, -0.05) is 15.9 Å². The first-order valence-electron chi connectivity index (χ1n) is 5.52. The minimum atomic E-state index is -0.581. The molecule has 0 saturated carbocycles. The molecule has 0 spiro atoms. The van der Waals surface area contributed by atoms with Gasteiger partial charge in [-0.3, -0.25) is 10.1 Å². The van der Waals surface area contributed by atoms with Crippen molar-refractivity contribution in [2.45, 2.75) is 6.61 Å². The molecule has 0 amide bonds. The van der Waals surface area contributed by atoms with E-state index in [9.17, 15) is 14.5 Å². The number of ether oxygens (including phenoxy) is 1. The third-order valence-corrected chi connectivity index (χ3v) is 3.02. The van der Waals surface area contributed by atoms with Gasteiger partial charge in [0, 0.05) is 16.1 Å². The highest BCUT2D eigenvalue weighted by atomic mass is 79.9. The SMILES string of the molecule is O=[N+]([O-])c1cc(Br)ccc1Oc1ccc(F)cc1CO. The van der Waals surface area contributed by atoms with Crippen molar-refractivity contribution in [3.63, 3.8) is 0 Å². The van der Waals surface area contributed by atoms with Gasteiger partial charge in [-0.15, -0.1) is 0 Å². The predicted molar refractivity (Wildman–Crippen MR) is 73.2 cm³/mol. The van der Waals surface area contributed by atoms with Gasteiger partial charge in [0.1, 0.15) is 11.6 Å². The van der Waals surface area contributed by atoms with Crippen molar-refractivity contribution in [1.29, 1.82) is 0 Å². The molecule has 0 aromatic heterocycles. The normalized spacial score (nSPS) is 10.3. The van der Waals surface area contributed by atoms with Crippen molar-refractivity contribution in [2.75, 3.05) is 0 Å². The zero-order valence-electron chi connectivity index (χ0n) is 10.0. The number of hydrogen-bond acceptors (Lipinski definition) is 4. The van der Waals surface area contributed by atoms with Crippen molar-refractivity contribution < 1.29 is 19.2 Å². The van der Waals surface area contributed by atoms with E-state index in [2.05, 4.69) is 15.9 Å². The van der Waals surface area contributed by atoms with Crippen LogP contribution in [-0.4, -0.2) is 10.0 Å². The first-order chi connectivity index (χ1) is 9.51. The summed E-state index contributed by atoms with van der Waals surface area (Å²) < 4.78 is 19.0. The third kappa shape index (κ3) is 3.12. The number of nitro groups is 1. The third-order valence-electron chi connectivity index (χ3n) is 2.53. The Balaban J connectivity index is 2.42. The Morgan fingerprint density at radius 3 is 2.60 bits per heavy atom. The van der Waals surface area contributed by atoms with E-state index in [0.29, 0.717) is 4.47 Å². The number of halogens is 2. The lowest BCUT2D eigenvalue weighted by Crippen LogP contribution is -1.96. The number of aliphatic hydroxyl groups is 1. The molecule has 0 bridgehead atoms. The van der Waals surface area contributed by atoms with Crippen LogP contribution in [0.3, 0.4) is 0 Å². The summed E-state index contributed by atoms with van der Waals surface area (Å²) in [5.41, 5.74) is -0.0187. The number of hydrogen-bond donors (Lipinski definition) is 1. The molecule has 2 rings (SSSR count). The van der Waals surface area contributed by atoms with Crippen LogP contribution >= 0.6 is 15.9 Å². The van der Waals surface area contributed by atoms with Crippen LogP contribution in [-0.2, 0) is 6.61 Å². The fourth-order valence-corrected chi connectivity index (χ4v) is 1.96. The number of aliphatic hydroxyl groups excluding tert-OH is 1. The Kier molecular flexibility index (Phi) is 4.31. The van der Waals surface area contributed by atoms with E-state index >= 15 is 0 Å². The van der Waals surface area contributed by atoms with E-state index < -0.39 is 17.3 Å². The van der Waals surface area contributed by atoms with Gasteiger partial charge in [0.15, 0.2) is 0 Å². The highest BCUT2D eigenvalue weighted by Crippen LogP contribution is 2.35. The molecular formula is C13H9BrFNO4. The lowest BCUT2D eigenvalue weighted by Gasteiger charge is -2.10. The van der Waals surface area contributed by atoms with Crippen LogP contribution in [0.1, 0.15) is 5.56 Å². The summed E-state index contributed by atoms with van der Waals surface area (Å²) in [6.45, 7) is -0.433. The number of benzene rings is 2. The zero-order valence-corrected chi connectivity index (χ0v) is 11.6. The van der Waals surface area contributed by atoms with E-state index in [1.54, 1.807) is 6.07 Å². The lowest BCUT2D eigenvalue weighted by molar-refractivity contribution is -0.385. The zero-order chi connectivity index (χ0) is 14.7. The summed E-state index contributed by atoms with van der Waals surface area (Å²) in [6, 6.07) is 7.89. The van der Waals surface area contributed by atoms with E-state index in [-0.39, 0.29) is 22.7 Å². The lowest BCUT2D eigenvalue weighted by atomic mass is 10.2. The summed E-state index contributed by atoms with van der Waals surface area (Å²) in [5, 5.41) is 20.1. The molecule has 2 aromatic rings. The monoisotopic (exact) mass is 341 g/mol. The smallest absolute Gasteiger partial charge is 0.312 e. The van der Waals surface area contributed by atoms with Crippen molar-refractivity contribution in [1.82, 2.24) is 0 Å². The molecule has 0 heterocycles. The molecule has 0 saturated heterocycles. The molecule has 7 heteroatoms. The number of nitrogens with zero attached hydrogens (tertiary/aromatic N) is 1. The summed E-state index contributed by atoms with van der Waals surface area (Å²) in [6.07, 6.45) is 0. The number of nitro benzene ring substituents is 1. The average molecular weight is 342 g/mol. The maximum atomic E-state index is 13.1. The van der Waals surface area contributed by atoms with Gasteiger partial charge in [0.25, 0.3) is 0 Å². The summed E-state index contributed by atoms with van der Waals surface area (Å²) in [5.74, 6) is -0.342. The van der Waals surface area contributed by atoms with Crippen LogP contribution in [0, 0.1) is 15.9 Å². The van der Waals surface area contributed by atoms with Gasteiger partial charge in [0.05, 0.1) is 11.5 Å². The van der Waals surface area contributed by atoms with E-state index in [4.69, 9.17) is 9.84 Å². The Hall–Kier alpha value is -1.99. The van der Waals surface area contributed by atoms with Crippen LogP contribution in [0.5, 0.6) is 11.5 Å². The molecule has 2 aromatic carbocycles. The molecule has 5 nitrogen and oxygen atoms in total. The van der Waals surface area contributed by atoms with E-state index in [1.807, 2.05) is 0 Å². The Bertz CT molecular complexity index is 663. The Labute approximate surface area is 121 Å². The standard InChI is InChI=1S/C13H9BrFNO4/c14-9-1-3-13(11(6-9)16(18)19)20-12-4-2-10(15)5-8(12)7-17/h1-6,17H,7H2. The summed E-state index contributed by atoms with van der Waals surface area (Å²) in [4.78, 5) is 10.4. The highest BCUT2D eigenvalue weighted by Gasteiger charge is 2.17. The fourth-order valence-electron chi connectivity index (χ4n) is 1.61. The molecule has 0 atom stereocenters. The van der Waals surface area contributed by atoms with Gasteiger partial charge >= 0.3 is 5.69 Å². The molecule has 0 aliphatic rings. The van der Waals surface area contributed by atoms with Gasteiger partial charge in [-0.25, -0.2) is 4.39 Å². The topological polar surface area (TPSA) is 72.6 Å². The quantitative estimate of drug-likeness (QED) is 0.678. The molecule has 0 aliphatic carbocycles. The van der Waals surface area contributed by atoms with Crippen molar-refractivity contribution >= 4 is 21.6 Å². The molecule has 0 aliphatic heterocycles. The second-order valence-corrected chi connectivity index (χ2v) is 4.80. The minimum Gasteiger partial charge on any atom is -0.450 e. The molecular weight excluding hydrogens is 333 g/mol. The van der Waals surface area contributed by atoms with Gasteiger partial charge in [-0.05, 0) is 30.3 Å². The molecule has 1 N–H and O–H groups in total. The van der Waals surface area contributed by atoms with Crippen molar-refractivity contribution in [3.05, 3.63) is 62.4 Å². The Morgan fingerprint density at radius 2 is 1.95 bits per heavy atom. The maximum Gasteiger partial charge on any atom is 0.312 e. The number of rotatable bonds is 4. The maximum absolute atomic E-state index is 13.1. The van der Waals surface area contributed by atoms with Crippen molar-refractivity contribution in [3.8, 4) is 11.5 Å². The van der Waals surface area contributed by atoms with Crippen LogP contribution in [0.4, 0.5) is 10.1 Å². The minimum absolute atomic E-state index is 0.0134. The average Bonchev–Trinajstić information content (AvgIpc) is 2.42. The fraction of sp³-hybridized carbons (Fsp3) is 0.0769. The largest absolute Gasteiger partial charge is 0.450 e. The van der Waals surface area contributed by atoms with E-state index in [0.717, 1.165) is 12.1 Å². The van der Waals surface area contributed by atoms with Crippen LogP contribution in [0.15, 0.2) is 40.9 Å². The second kappa shape index (κ2) is 5.98. The van der Waals surface area contributed by atoms with Crippen LogP contribution in [0.25, 0.3) is 0 Å². The van der Waals surface area contributed by atoms with Gasteiger partial charge in [-0.2, -0.15) is 0 Å². The first kappa shape index (κ1) is 14.4. The Morgan fingerprint density at radius 1 is 1.25 bits per heavy atom. The molecule has 0 fully saturated rings. The summed E-state index contributed by atoms with van der Waals surface area (Å²) >= 11 is 3.14. The first-order valence-corrected chi connectivity index (χ1v) is 6.31.